The first-order valence-electron chi connectivity index (χ1n) is 6.70. The number of nitrogens with one attached hydrogen (secondary N) is 2. The summed E-state index contributed by atoms with van der Waals surface area (Å²) in [6, 6.07) is 9.23. The summed E-state index contributed by atoms with van der Waals surface area (Å²) in [6.07, 6.45) is 0. The maximum absolute atomic E-state index is 12.2. The van der Waals surface area contributed by atoms with Crippen LogP contribution in [0.5, 0.6) is 0 Å². The van der Waals surface area contributed by atoms with Crippen molar-refractivity contribution in [1.29, 1.82) is 0 Å². The minimum absolute atomic E-state index is 0.0154. The van der Waals surface area contributed by atoms with Crippen LogP contribution in [0.1, 0.15) is 26.3 Å². The van der Waals surface area contributed by atoms with Crippen molar-refractivity contribution in [3.05, 3.63) is 63.1 Å². The molecule has 0 aliphatic rings. The molecular weight excluding hydrogens is 371 g/mol. The molecule has 0 atom stereocenters. The van der Waals surface area contributed by atoms with E-state index in [-0.39, 0.29) is 21.3 Å². The van der Waals surface area contributed by atoms with Gasteiger partial charge in [-0.1, -0.05) is 29.3 Å². The highest BCUT2D eigenvalue weighted by molar-refractivity contribution is 7.80. The molecule has 1 amide bonds. The molecule has 124 valence electrons. The van der Waals surface area contributed by atoms with Crippen molar-refractivity contribution < 1.29 is 14.7 Å². The number of benzene rings is 2. The van der Waals surface area contributed by atoms with E-state index in [1.54, 1.807) is 25.1 Å². The van der Waals surface area contributed by atoms with Gasteiger partial charge < -0.3 is 10.4 Å². The number of halogens is 2. The average Bonchev–Trinajstić information content (AvgIpc) is 2.51. The molecule has 0 aromatic heterocycles. The van der Waals surface area contributed by atoms with Gasteiger partial charge in [-0.05, 0) is 55.0 Å². The summed E-state index contributed by atoms with van der Waals surface area (Å²) in [5, 5.41) is 15.0. The van der Waals surface area contributed by atoms with E-state index in [0.29, 0.717) is 16.3 Å². The van der Waals surface area contributed by atoms with Gasteiger partial charge in [-0.2, -0.15) is 0 Å². The number of carboxylic acids is 1. The third-order valence-corrected chi connectivity index (χ3v) is 3.98. The van der Waals surface area contributed by atoms with Crippen molar-refractivity contribution in [3.63, 3.8) is 0 Å². The lowest BCUT2D eigenvalue weighted by atomic mass is 10.1. The fourth-order valence-corrected chi connectivity index (χ4v) is 2.58. The van der Waals surface area contributed by atoms with Gasteiger partial charge in [0.15, 0.2) is 5.11 Å². The van der Waals surface area contributed by atoms with Crippen LogP contribution >= 0.6 is 35.4 Å². The van der Waals surface area contributed by atoms with Crippen molar-refractivity contribution in [2.75, 3.05) is 5.32 Å². The van der Waals surface area contributed by atoms with E-state index in [4.69, 9.17) is 40.5 Å². The summed E-state index contributed by atoms with van der Waals surface area (Å²) in [6.45, 7) is 1.64. The highest BCUT2D eigenvalue weighted by atomic mass is 35.5. The van der Waals surface area contributed by atoms with Crippen molar-refractivity contribution >= 4 is 58.1 Å². The molecular formula is C16H12Cl2N2O3S. The molecule has 8 heteroatoms. The van der Waals surface area contributed by atoms with Gasteiger partial charge in [-0.15, -0.1) is 0 Å². The van der Waals surface area contributed by atoms with Gasteiger partial charge in [0.2, 0.25) is 0 Å². The van der Waals surface area contributed by atoms with Crippen LogP contribution in [-0.4, -0.2) is 22.1 Å². The second-order valence-electron chi connectivity index (χ2n) is 4.82. The topological polar surface area (TPSA) is 78.4 Å². The Labute approximate surface area is 153 Å². The van der Waals surface area contributed by atoms with Crippen molar-refractivity contribution in [1.82, 2.24) is 5.32 Å². The van der Waals surface area contributed by atoms with Gasteiger partial charge in [0.05, 0.1) is 16.1 Å². The third kappa shape index (κ3) is 4.23. The summed E-state index contributed by atoms with van der Waals surface area (Å²) in [7, 11) is 0. The average molecular weight is 383 g/mol. The molecule has 3 N–H and O–H groups in total. The van der Waals surface area contributed by atoms with Crippen LogP contribution in [0.25, 0.3) is 0 Å². The van der Waals surface area contributed by atoms with Gasteiger partial charge in [0, 0.05) is 10.7 Å². The fraction of sp³-hybridized carbons (Fsp3) is 0.0625. The minimum atomic E-state index is -1.04. The molecule has 0 radical (unpaired) electrons. The summed E-state index contributed by atoms with van der Waals surface area (Å²) < 4.78 is 0. The maximum atomic E-state index is 12.2. The number of carbonyl (C=O) groups excluding carboxylic acids is 1. The SMILES string of the molecule is Cc1c(NC(=S)NC(=O)c2cc(Cl)ccc2Cl)cccc1C(=O)O. The lowest BCUT2D eigenvalue weighted by Gasteiger charge is -2.13. The van der Waals surface area contributed by atoms with E-state index in [1.807, 2.05) is 0 Å². The van der Waals surface area contributed by atoms with Gasteiger partial charge in [-0.25, -0.2) is 4.79 Å². The Morgan fingerprint density at radius 1 is 1.12 bits per heavy atom. The lowest BCUT2D eigenvalue weighted by molar-refractivity contribution is 0.0696. The van der Waals surface area contributed by atoms with Crippen LogP contribution in [0.3, 0.4) is 0 Å². The summed E-state index contributed by atoms with van der Waals surface area (Å²) in [4.78, 5) is 23.3. The summed E-state index contributed by atoms with van der Waals surface area (Å²) >= 11 is 16.9. The van der Waals surface area contributed by atoms with Crippen LogP contribution in [-0.2, 0) is 0 Å². The first kappa shape index (κ1) is 18.2. The predicted octanol–water partition coefficient (Wildman–Crippen LogP) is 4.13. The second kappa shape index (κ2) is 7.61. The molecule has 0 saturated heterocycles. The molecule has 0 spiro atoms. The molecule has 0 aliphatic heterocycles. The highest BCUT2D eigenvalue weighted by Gasteiger charge is 2.14. The number of anilines is 1. The zero-order chi connectivity index (χ0) is 17.9. The second-order valence-corrected chi connectivity index (χ2v) is 6.07. The Balaban J connectivity index is 2.14. The zero-order valence-electron chi connectivity index (χ0n) is 12.4. The largest absolute Gasteiger partial charge is 0.478 e. The first-order valence-corrected chi connectivity index (χ1v) is 7.86. The molecule has 2 aromatic carbocycles. The zero-order valence-corrected chi connectivity index (χ0v) is 14.7. The van der Waals surface area contributed by atoms with Gasteiger partial charge >= 0.3 is 5.97 Å². The first-order chi connectivity index (χ1) is 11.3. The third-order valence-electron chi connectivity index (χ3n) is 3.21. The molecule has 24 heavy (non-hydrogen) atoms. The van der Waals surface area contributed by atoms with E-state index in [9.17, 15) is 9.59 Å². The standard InChI is InChI=1S/C16H12Cl2N2O3S/c1-8-10(15(22)23)3-2-4-13(8)19-16(24)20-14(21)11-7-9(17)5-6-12(11)18/h2-7H,1H3,(H,22,23)(H2,19,20,21,24). The van der Waals surface area contributed by atoms with Crippen LogP contribution in [0, 0.1) is 6.92 Å². The normalized spacial score (nSPS) is 10.1. The van der Waals surface area contributed by atoms with Crippen LogP contribution in [0.15, 0.2) is 36.4 Å². The van der Waals surface area contributed by atoms with E-state index >= 15 is 0 Å². The van der Waals surface area contributed by atoms with Crippen LogP contribution < -0.4 is 10.6 Å². The molecule has 0 heterocycles. The monoisotopic (exact) mass is 382 g/mol. The number of amides is 1. The Hall–Kier alpha value is -2.15. The van der Waals surface area contributed by atoms with Crippen LogP contribution in [0.2, 0.25) is 10.0 Å². The van der Waals surface area contributed by atoms with Gasteiger partial charge in [0.25, 0.3) is 5.91 Å². The number of hydrogen-bond acceptors (Lipinski definition) is 3. The molecule has 5 nitrogen and oxygen atoms in total. The Kier molecular flexibility index (Phi) is 5.77. The molecule has 2 rings (SSSR count). The number of aromatic carboxylic acids is 1. The number of carbonyl (C=O) groups is 2. The number of rotatable bonds is 3. The Morgan fingerprint density at radius 2 is 1.83 bits per heavy atom. The maximum Gasteiger partial charge on any atom is 0.336 e. The van der Waals surface area contributed by atoms with Crippen molar-refractivity contribution in [3.8, 4) is 0 Å². The summed E-state index contributed by atoms with van der Waals surface area (Å²) in [5.41, 5.74) is 1.32. The Bertz CT molecular complexity index is 840. The van der Waals surface area contributed by atoms with E-state index in [2.05, 4.69) is 10.6 Å². The number of hydrogen-bond donors (Lipinski definition) is 3. The number of carboxylic acid groups (broad SMARTS) is 1. The van der Waals surface area contributed by atoms with Gasteiger partial charge in [0.1, 0.15) is 0 Å². The molecule has 2 aromatic rings. The molecule has 0 unspecified atom stereocenters. The molecule has 0 aliphatic carbocycles. The van der Waals surface area contributed by atoms with E-state index < -0.39 is 11.9 Å². The highest BCUT2D eigenvalue weighted by Crippen LogP contribution is 2.21. The summed E-state index contributed by atoms with van der Waals surface area (Å²) in [5.74, 6) is -1.57. The van der Waals surface area contributed by atoms with Crippen LogP contribution in [0.4, 0.5) is 5.69 Å². The van der Waals surface area contributed by atoms with E-state index in [1.165, 1.54) is 18.2 Å². The van der Waals surface area contributed by atoms with Gasteiger partial charge in [-0.3, -0.25) is 10.1 Å². The smallest absolute Gasteiger partial charge is 0.336 e. The number of thiocarbonyl (C=S) groups is 1. The van der Waals surface area contributed by atoms with Crippen molar-refractivity contribution in [2.45, 2.75) is 6.92 Å². The molecule has 0 bridgehead atoms. The molecule has 0 saturated carbocycles. The fourth-order valence-electron chi connectivity index (χ4n) is 2.00. The lowest BCUT2D eigenvalue weighted by Crippen LogP contribution is -2.34. The Morgan fingerprint density at radius 3 is 2.50 bits per heavy atom. The van der Waals surface area contributed by atoms with Crippen molar-refractivity contribution in [2.24, 2.45) is 0 Å². The quantitative estimate of drug-likeness (QED) is 0.695. The molecule has 0 fully saturated rings. The van der Waals surface area contributed by atoms with E-state index in [0.717, 1.165) is 0 Å². The minimum Gasteiger partial charge on any atom is -0.478 e. The predicted molar refractivity (Wildman–Crippen MR) is 98.3 cm³/mol.